The first-order chi connectivity index (χ1) is 10.2. The molecule has 3 saturated heterocycles. The second-order valence-corrected chi connectivity index (χ2v) is 5.89. The molecular weight excluding hydrogens is 276 g/mol. The van der Waals surface area contributed by atoms with Crippen molar-refractivity contribution in [3.05, 3.63) is 24.4 Å². The molecule has 6 heteroatoms. The average Bonchev–Trinajstić information content (AvgIpc) is 2.90. The van der Waals surface area contributed by atoms with Gasteiger partial charge in [-0.1, -0.05) is 0 Å². The lowest BCUT2D eigenvalue weighted by molar-refractivity contribution is -0.0497. The lowest BCUT2D eigenvalue weighted by atomic mass is 9.84. The minimum absolute atomic E-state index is 0.186. The topological polar surface area (TPSA) is 30.3 Å². The van der Waals surface area contributed by atoms with E-state index in [4.69, 9.17) is 0 Å². The molecule has 0 aliphatic carbocycles. The summed E-state index contributed by atoms with van der Waals surface area (Å²) in [5.41, 5.74) is 0.996. The highest BCUT2D eigenvalue weighted by molar-refractivity contribution is 5.80. The summed E-state index contributed by atoms with van der Waals surface area (Å²) in [6.07, 6.45) is 4.18. The first kappa shape index (κ1) is 13.0. The molecule has 0 saturated carbocycles. The van der Waals surface area contributed by atoms with Crippen molar-refractivity contribution in [2.75, 3.05) is 19.6 Å². The number of piperidine rings is 3. The summed E-state index contributed by atoms with van der Waals surface area (Å²) < 4.78 is 31.1. The van der Waals surface area contributed by atoms with Crippen molar-refractivity contribution in [2.24, 2.45) is 5.92 Å². The Bertz CT molecular complexity index is 649. The van der Waals surface area contributed by atoms with Gasteiger partial charge in [0.1, 0.15) is 5.75 Å². The van der Waals surface area contributed by atoms with E-state index in [9.17, 15) is 8.78 Å². The Labute approximate surface area is 121 Å². The van der Waals surface area contributed by atoms with Crippen molar-refractivity contribution in [3.63, 3.8) is 0 Å². The van der Waals surface area contributed by atoms with Crippen LogP contribution in [-0.4, -0.2) is 40.9 Å². The van der Waals surface area contributed by atoms with E-state index in [0.29, 0.717) is 12.0 Å². The lowest BCUT2D eigenvalue weighted by Gasteiger charge is -2.44. The molecule has 21 heavy (non-hydrogen) atoms. The number of fused-ring (bicyclic) bond motifs is 4. The zero-order valence-corrected chi connectivity index (χ0v) is 11.6. The third-order valence-electron chi connectivity index (χ3n) is 4.73. The summed E-state index contributed by atoms with van der Waals surface area (Å²) >= 11 is 0. The number of rotatable bonds is 3. The SMILES string of the molecule is FC(F)Oc1ccc2c(cnn2[C@H]2CN3CCC2CC3)c1. The second kappa shape index (κ2) is 4.94. The van der Waals surface area contributed by atoms with E-state index in [-0.39, 0.29) is 5.75 Å². The molecule has 1 atom stereocenters. The van der Waals surface area contributed by atoms with Gasteiger partial charge in [-0.05, 0) is 50.0 Å². The van der Waals surface area contributed by atoms with Gasteiger partial charge in [-0.15, -0.1) is 0 Å². The van der Waals surface area contributed by atoms with Gasteiger partial charge in [-0.2, -0.15) is 13.9 Å². The highest BCUT2D eigenvalue weighted by Gasteiger charge is 2.36. The van der Waals surface area contributed by atoms with Crippen LogP contribution in [0.5, 0.6) is 5.75 Å². The Morgan fingerprint density at radius 1 is 1.24 bits per heavy atom. The van der Waals surface area contributed by atoms with Gasteiger partial charge in [0.2, 0.25) is 0 Å². The third-order valence-corrected chi connectivity index (χ3v) is 4.73. The minimum atomic E-state index is -2.79. The van der Waals surface area contributed by atoms with Crippen LogP contribution in [-0.2, 0) is 0 Å². The smallest absolute Gasteiger partial charge is 0.387 e. The van der Waals surface area contributed by atoms with Crippen molar-refractivity contribution < 1.29 is 13.5 Å². The minimum Gasteiger partial charge on any atom is -0.435 e. The van der Waals surface area contributed by atoms with E-state index < -0.39 is 6.61 Å². The van der Waals surface area contributed by atoms with Gasteiger partial charge in [0.15, 0.2) is 0 Å². The van der Waals surface area contributed by atoms with E-state index in [1.165, 1.54) is 25.9 Å². The Morgan fingerprint density at radius 2 is 2.05 bits per heavy atom. The summed E-state index contributed by atoms with van der Waals surface area (Å²) in [6, 6.07) is 5.45. The Balaban J connectivity index is 1.67. The fraction of sp³-hybridized carbons (Fsp3) is 0.533. The van der Waals surface area contributed by atoms with Crippen LogP contribution < -0.4 is 4.74 Å². The molecule has 2 aromatic rings. The fourth-order valence-electron chi connectivity index (χ4n) is 3.68. The highest BCUT2D eigenvalue weighted by atomic mass is 19.3. The van der Waals surface area contributed by atoms with Gasteiger partial charge in [0, 0.05) is 11.9 Å². The maximum Gasteiger partial charge on any atom is 0.387 e. The molecule has 0 amide bonds. The lowest BCUT2D eigenvalue weighted by Crippen LogP contribution is -2.48. The molecule has 0 radical (unpaired) electrons. The van der Waals surface area contributed by atoms with Gasteiger partial charge >= 0.3 is 6.61 Å². The molecule has 3 fully saturated rings. The summed E-state index contributed by atoms with van der Waals surface area (Å²) in [5.74, 6) is 0.862. The standard InChI is InChI=1S/C15H17F2N3O/c16-15(17)21-12-1-2-13-11(7-12)8-18-20(13)14-9-19-5-3-10(14)4-6-19/h1-2,7-8,10,14-15H,3-6,9H2/t14-/m0/s1. The van der Waals surface area contributed by atoms with Crippen LogP contribution in [0, 0.1) is 5.92 Å². The average molecular weight is 293 g/mol. The van der Waals surface area contributed by atoms with Crippen LogP contribution in [0.4, 0.5) is 8.78 Å². The molecule has 112 valence electrons. The number of nitrogens with zero attached hydrogens (tertiary/aromatic N) is 3. The molecule has 0 spiro atoms. The zero-order valence-electron chi connectivity index (χ0n) is 11.6. The van der Waals surface area contributed by atoms with Crippen LogP contribution in [0.2, 0.25) is 0 Å². The van der Waals surface area contributed by atoms with E-state index in [2.05, 4.69) is 19.4 Å². The molecule has 1 aromatic heterocycles. The molecule has 3 aliphatic heterocycles. The van der Waals surface area contributed by atoms with Crippen LogP contribution in [0.25, 0.3) is 10.9 Å². The van der Waals surface area contributed by atoms with Crippen molar-refractivity contribution in [1.82, 2.24) is 14.7 Å². The van der Waals surface area contributed by atoms with Crippen molar-refractivity contribution in [3.8, 4) is 5.75 Å². The largest absolute Gasteiger partial charge is 0.435 e. The van der Waals surface area contributed by atoms with Gasteiger partial charge in [-0.3, -0.25) is 4.68 Å². The summed E-state index contributed by atoms with van der Waals surface area (Å²) in [4.78, 5) is 2.48. The van der Waals surface area contributed by atoms with Gasteiger partial charge in [0.05, 0.1) is 17.8 Å². The third kappa shape index (κ3) is 2.27. The molecule has 3 aliphatic rings. The first-order valence-electron chi connectivity index (χ1n) is 7.35. The predicted molar refractivity (Wildman–Crippen MR) is 74.6 cm³/mol. The fourth-order valence-corrected chi connectivity index (χ4v) is 3.68. The molecule has 0 N–H and O–H groups in total. The normalized spacial score (nSPS) is 28.4. The zero-order chi connectivity index (χ0) is 14.4. The van der Waals surface area contributed by atoms with Crippen LogP contribution >= 0.6 is 0 Å². The maximum atomic E-state index is 12.3. The van der Waals surface area contributed by atoms with Crippen LogP contribution in [0.15, 0.2) is 24.4 Å². The molecular formula is C15H17F2N3O. The second-order valence-electron chi connectivity index (χ2n) is 5.89. The predicted octanol–water partition coefficient (Wildman–Crippen LogP) is 2.90. The van der Waals surface area contributed by atoms with Crippen molar-refractivity contribution in [1.29, 1.82) is 0 Å². The van der Waals surface area contributed by atoms with E-state index >= 15 is 0 Å². The summed E-state index contributed by atoms with van der Waals surface area (Å²) in [7, 11) is 0. The highest BCUT2D eigenvalue weighted by Crippen LogP contribution is 2.37. The molecule has 1 aromatic carbocycles. The van der Waals surface area contributed by atoms with E-state index in [0.717, 1.165) is 17.4 Å². The maximum absolute atomic E-state index is 12.3. The van der Waals surface area contributed by atoms with Crippen molar-refractivity contribution in [2.45, 2.75) is 25.5 Å². The van der Waals surface area contributed by atoms with E-state index in [1.807, 2.05) is 6.07 Å². The van der Waals surface area contributed by atoms with Gasteiger partial charge in [0.25, 0.3) is 0 Å². The Kier molecular flexibility index (Phi) is 3.06. The van der Waals surface area contributed by atoms with E-state index in [1.54, 1.807) is 18.3 Å². The van der Waals surface area contributed by atoms with Crippen LogP contribution in [0.3, 0.4) is 0 Å². The number of hydrogen-bond acceptors (Lipinski definition) is 3. The number of alkyl halides is 2. The molecule has 4 heterocycles. The van der Waals surface area contributed by atoms with Crippen LogP contribution in [0.1, 0.15) is 18.9 Å². The number of hydrogen-bond donors (Lipinski definition) is 0. The Hall–Kier alpha value is -1.69. The first-order valence-corrected chi connectivity index (χ1v) is 7.35. The van der Waals surface area contributed by atoms with Gasteiger partial charge < -0.3 is 9.64 Å². The molecule has 0 unspecified atom stereocenters. The number of ether oxygens (including phenoxy) is 1. The molecule has 2 bridgehead atoms. The number of halogens is 2. The molecule has 5 rings (SSSR count). The Morgan fingerprint density at radius 3 is 2.71 bits per heavy atom. The molecule has 4 nitrogen and oxygen atoms in total. The van der Waals surface area contributed by atoms with Gasteiger partial charge in [-0.25, -0.2) is 0 Å². The summed E-state index contributed by atoms with van der Waals surface area (Å²) in [5, 5.41) is 5.36. The monoisotopic (exact) mass is 293 g/mol. The summed E-state index contributed by atoms with van der Waals surface area (Å²) in [6.45, 7) is 0.621. The number of benzene rings is 1. The van der Waals surface area contributed by atoms with Crippen molar-refractivity contribution >= 4 is 10.9 Å². The quantitative estimate of drug-likeness (QED) is 0.871. The number of aromatic nitrogens is 2.